The highest BCUT2D eigenvalue weighted by molar-refractivity contribution is 9.10. The van der Waals surface area contributed by atoms with Gasteiger partial charge in [-0.15, -0.1) is 0 Å². The number of carbonyl (C=O) groups is 1. The Morgan fingerprint density at radius 1 is 0.880 bits per heavy atom. The van der Waals surface area contributed by atoms with Crippen molar-refractivity contribution in [2.45, 2.75) is 6.61 Å². The van der Waals surface area contributed by atoms with Crippen LogP contribution in [0.4, 0.5) is 0 Å². The average Bonchev–Trinajstić information content (AvgIpc) is 2.65. The van der Waals surface area contributed by atoms with Crippen LogP contribution in [0.15, 0.2) is 34.8 Å². The van der Waals surface area contributed by atoms with E-state index in [4.69, 9.17) is 23.7 Å². The van der Waals surface area contributed by atoms with E-state index in [2.05, 4.69) is 15.9 Å². The topological polar surface area (TPSA) is 63.2 Å². The second-order valence-corrected chi connectivity index (χ2v) is 5.80. The molecule has 0 aliphatic carbocycles. The first-order valence-electron chi connectivity index (χ1n) is 7.33. The lowest BCUT2D eigenvalue weighted by Gasteiger charge is -2.14. The largest absolute Gasteiger partial charge is 0.497 e. The molecule has 0 spiro atoms. The van der Waals surface area contributed by atoms with Gasteiger partial charge in [0.25, 0.3) is 0 Å². The van der Waals surface area contributed by atoms with Crippen molar-refractivity contribution < 1.29 is 28.5 Å². The van der Waals surface area contributed by atoms with Gasteiger partial charge in [0, 0.05) is 11.6 Å². The third-order valence-electron chi connectivity index (χ3n) is 3.54. The van der Waals surface area contributed by atoms with E-state index in [1.54, 1.807) is 51.7 Å². The molecule has 0 atom stereocenters. The van der Waals surface area contributed by atoms with E-state index in [1.165, 1.54) is 7.11 Å². The minimum Gasteiger partial charge on any atom is -0.497 e. The average molecular weight is 411 g/mol. The van der Waals surface area contributed by atoms with Gasteiger partial charge in [0.1, 0.15) is 35.2 Å². The van der Waals surface area contributed by atoms with E-state index in [1.807, 2.05) is 0 Å². The van der Waals surface area contributed by atoms with Gasteiger partial charge in [0.2, 0.25) is 0 Å². The molecule has 6 nitrogen and oxygen atoms in total. The van der Waals surface area contributed by atoms with Crippen LogP contribution in [0.3, 0.4) is 0 Å². The Morgan fingerprint density at radius 3 is 2.16 bits per heavy atom. The first-order chi connectivity index (χ1) is 12.0. The monoisotopic (exact) mass is 410 g/mol. The van der Waals surface area contributed by atoms with Crippen molar-refractivity contribution in [1.82, 2.24) is 0 Å². The molecule has 0 saturated heterocycles. The molecule has 2 aromatic carbocycles. The summed E-state index contributed by atoms with van der Waals surface area (Å²) in [7, 11) is 6.13. The summed E-state index contributed by atoms with van der Waals surface area (Å²) in [6.07, 6.45) is 0. The number of rotatable bonds is 7. The first kappa shape index (κ1) is 18.9. The lowest BCUT2D eigenvalue weighted by Crippen LogP contribution is -2.08. The van der Waals surface area contributed by atoms with Crippen LogP contribution in [-0.4, -0.2) is 34.4 Å². The van der Waals surface area contributed by atoms with Crippen LogP contribution in [0, 0.1) is 0 Å². The zero-order chi connectivity index (χ0) is 18.4. The Hall–Kier alpha value is -2.41. The second-order valence-electron chi connectivity index (χ2n) is 4.94. The van der Waals surface area contributed by atoms with Crippen molar-refractivity contribution in [2.75, 3.05) is 28.4 Å². The molecule has 0 radical (unpaired) electrons. The standard InChI is InChI=1S/C18H19BrO6/c1-21-12-5-6-13(16(8-12)23-3)18(20)25-10-11-7-17(24-4)14(19)9-15(11)22-2/h5-9H,10H2,1-4H3. The van der Waals surface area contributed by atoms with Crippen molar-refractivity contribution in [1.29, 1.82) is 0 Å². The van der Waals surface area contributed by atoms with Crippen LogP contribution in [-0.2, 0) is 11.3 Å². The predicted octanol–water partition coefficient (Wildman–Crippen LogP) is 3.84. The third kappa shape index (κ3) is 4.36. The number of esters is 1. The molecular weight excluding hydrogens is 392 g/mol. The molecule has 0 N–H and O–H groups in total. The fourth-order valence-corrected chi connectivity index (χ4v) is 2.71. The maximum absolute atomic E-state index is 12.4. The smallest absolute Gasteiger partial charge is 0.342 e. The molecule has 0 aliphatic heterocycles. The molecule has 2 aromatic rings. The normalized spacial score (nSPS) is 10.1. The lowest BCUT2D eigenvalue weighted by molar-refractivity contribution is 0.0466. The van der Waals surface area contributed by atoms with E-state index >= 15 is 0 Å². The Balaban J connectivity index is 2.20. The Labute approximate surface area is 154 Å². The minimum absolute atomic E-state index is 0.0286. The molecule has 0 saturated carbocycles. The number of hydrogen-bond acceptors (Lipinski definition) is 6. The lowest BCUT2D eigenvalue weighted by atomic mass is 10.2. The Bertz CT molecular complexity index is 759. The van der Waals surface area contributed by atoms with Gasteiger partial charge in [-0.1, -0.05) is 0 Å². The number of hydrogen-bond donors (Lipinski definition) is 0. The summed E-state index contributed by atoms with van der Waals surface area (Å²) in [5.74, 6) is 1.66. The van der Waals surface area contributed by atoms with Crippen LogP contribution < -0.4 is 18.9 Å². The summed E-state index contributed by atoms with van der Waals surface area (Å²) < 4.78 is 27.1. The van der Waals surface area contributed by atoms with Crippen molar-refractivity contribution >= 4 is 21.9 Å². The summed E-state index contributed by atoms with van der Waals surface area (Å²) in [5, 5.41) is 0. The fourth-order valence-electron chi connectivity index (χ4n) is 2.22. The van der Waals surface area contributed by atoms with Crippen molar-refractivity contribution in [3.63, 3.8) is 0 Å². The van der Waals surface area contributed by atoms with Gasteiger partial charge in [0.05, 0.1) is 32.9 Å². The van der Waals surface area contributed by atoms with Crippen LogP contribution in [0.5, 0.6) is 23.0 Å². The molecule has 25 heavy (non-hydrogen) atoms. The number of carbonyl (C=O) groups excluding carboxylic acids is 1. The molecule has 134 valence electrons. The van der Waals surface area contributed by atoms with Crippen LogP contribution >= 0.6 is 15.9 Å². The van der Waals surface area contributed by atoms with E-state index < -0.39 is 5.97 Å². The number of benzene rings is 2. The van der Waals surface area contributed by atoms with Gasteiger partial charge < -0.3 is 23.7 Å². The molecule has 0 heterocycles. The summed E-state index contributed by atoms with van der Waals surface area (Å²) in [5.41, 5.74) is 0.995. The maximum Gasteiger partial charge on any atom is 0.342 e. The number of methoxy groups -OCH3 is 4. The van der Waals surface area contributed by atoms with Gasteiger partial charge in [0.15, 0.2) is 0 Å². The van der Waals surface area contributed by atoms with Gasteiger partial charge in [-0.3, -0.25) is 0 Å². The van der Waals surface area contributed by atoms with Gasteiger partial charge in [-0.25, -0.2) is 4.79 Å². The first-order valence-corrected chi connectivity index (χ1v) is 8.12. The second kappa shape index (κ2) is 8.62. The molecule has 7 heteroatoms. The summed E-state index contributed by atoms with van der Waals surface area (Å²) in [6, 6.07) is 8.40. The van der Waals surface area contributed by atoms with Gasteiger partial charge >= 0.3 is 5.97 Å². The van der Waals surface area contributed by atoms with E-state index in [0.717, 1.165) is 4.47 Å². The predicted molar refractivity (Wildman–Crippen MR) is 95.9 cm³/mol. The molecule has 0 unspecified atom stereocenters. The highest BCUT2D eigenvalue weighted by atomic mass is 79.9. The van der Waals surface area contributed by atoms with Crippen LogP contribution in [0.25, 0.3) is 0 Å². The molecule has 0 amide bonds. The number of halogens is 1. The molecule has 0 aromatic heterocycles. The maximum atomic E-state index is 12.4. The van der Waals surface area contributed by atoms with Crippen molar-refractivity contribution in [3.8, 4) is 23.0 Å². The SMILES string of the molecule is COc1ccc(C(=O)OCc2cc(OC)c(Br)cc2OC)c(OC)c1. The quantitative estimate of drug-likeness (QED) is 0.646. The zero-order valence-electron chi connectivity index (χ0n) is 14.4. The summed E-state index contributed by atoms with van der Waals surface area (Å²) >= 11 is 3.39. The van der Waals surface area contributed by atoms with Crippen molar-refractivity contribution in [2.24, 2.45) is 0 Å². The molecule has 0 fully saturated rings. The van der Waals surface area contributed by atoms with E-state index in [9.17, 15) is 4.79 Å². The fraction of sp³-hybridized carbons (Fsp3) is 0.278. The molecule has 0 aliphatic rings. The molecule has 0 bridgehead atoms. The van der Waals surface area contributed by atoms with E-state index in [-0.39, 0.29) is 6.61 Å². The van der Waals surface area contributed by atoms with Crippen molar-refractivity contribution in [3.05, 3.63) is 45.9 Å². The van der Waals surface area contributed by atoms with Crippen LogP contribution in [0.1, 0.15) is 15.9 Å². The highest BCUT2D eigenvalue weighted by Gasteiger charge is 2.17. The Kier molecular flexibility index (Phi) is 6.52. The van der Waals surface area contributed by atoms with Crippen LogP contribution in [0.2, 0.25) is 0 Å². The number of ether oxygens (including phenoxy) is 5. The van der Waals surface area contributed by atoms with E-state index in [0.29, 0.717) is 34.1 Å². The molecular formula is C18H19BrO6. The minimum atomic E-state index is -0.511. The Morgan fingerprint density at radius 2 is 1.56 bits per heavy atom. The molecule has 2 rings (SSSR count). The summed E-state index contributed by atoms with van der Waals surface area (Å²) in [4.78, 5) is 12.4. The van der Waals surface area contributed by atoms with Gasteiger partial charge in [-0.2, -0.15) is 0 Å². The zero-order valence-corrected chi connectivity index (χ0v) is 16.0. The van der Waals surface area contributed by atoms with Gasteiger partial charge in [-0.05, 0) is 40.2 Å². The highest BCUT2D eigenvalue weighted by Crippen LogP contribution is 2.33. The summed E-state index contributed by atoms with van der Waals surface area (Å²) in [6.45, 7) is 0.0286. The third-order valence-corrected chi connectivity index (χ3v) is 4.16.